The fourth-order valence-corrected chi connectivity index (χ4v) is 12.9. The highest BCUT2D eigenvalue weighted by Crippen LogP contribution is 2.28. The molecule has 0 bridgehead atoms. The Hall–Kier alpha value is 0.611. The first-order valence-corrected chi connectivity index (χ1v) is 14.4. The molecule has 1 rings (SSSR count). The molecule has 4 heteroatoms. The van der Waals surface area contributed by atoms with Crippen LogP contribution in [0.2, 0.25) is 5.54 Å². The van der Waals surface area contributed by atoms with Gasteiger partial charge in [0.25, 0.3) is 0 Å². The van der Waals surface area contributed by atoms with Gasteiger partial charge in [0.15, 0.2) is 8.56 Å². The molecule has 59 valence electrons. The molecular formula is C6H17OSi3. The highest BCUT2D eigenvalue weighted by atomic mass is 29.5. The average Bonchev–Trinajstić information content (AvgIpc) is 2.05. The third-order valence-corrected chi connectivity index (χ3v) is 17.1. The number of rotatable bonds is 2. The van der Waals surface area contributed by atoms with Gasteiger partial charge >= 0.3 is 0 Å². The molecule has 1 fully saturated rings. The minimum Gasteiger partial charge on any atom is -0.438 e. The maximum absolute atomic E-state index is 9.70. The third kappa shape index (κ3) is 2.34. The van der Waals surface area contributed by atoms with Crippen molar-refractivity contribution in [2.24, 2.45) is 0 Å². The maximum atomic E-state index is 9.70. The van der Waals surface area contributed by atoms with Gasteiger partial charge in [-0.25, -0.2) is 0 Å². The third-order valence-electron chi connectivity index (χ3n) is 2.45. The molecule has 1 unspecified atom stereocenters. The van der Waals surface area contributed by atoms with Crippen molar-refractivity contribution < 1.29 is 4.80 Å². The summed E-state index contributed by atoms with van der Waals surface area (Å²) in [6, 6.07) is 0. The van der Waals surface area contributed by atoms with E-state index in [1.807, 2.05) is 0 Å². The molecule has 1 nitrogen and oxygen atoms in total. The van der Waals surface area contributed by atoms with Crippen LogP contribution in [0, 0.1) is 6.42 Å². The lowest BCUT2D eigenvalue weighted by atomic mass is 10.0. The zero-order chi connectivity index (χ0) is 7.40. The van der Waals surface area contributed by atoms with Gasteiger partial charge in [0.05, 0.1) is 0 Å². The first kappa shape index (κ1) is 8.70. The van der Waals surface area contributed by atoms with Gasteiger partial charge in [0.1, 0.15) is 0 Å². The second-order valence-corrected chi connectivity index (χ2v) is 18.4. The van der Waals surface area contributed by atoms with Gasteiger partial charge in [-0.15, -0.1) is 0 Å². The maximum Gasteiger partial charge on any atom is 0.153 e. The zero-order valence-electron chi connectivity index (χ0n) is 6.71. The van der Waals surface area contributed by atoms with Gasteiger partial charge in [-0.2, -0.15) is 0 Å². The molecule has 0 saturated heterocycles. The van der Waals surface area contributed by atoms with E-state index in [0.29, 0.717) is 0 Å². The second-order valence-electron chi connectivity index (χ2n) is 3.18. The predicted molar refractivity (Wildman–Crippen MR) is 54.4 cm³/mol. The Labute approximate surface area is 69.8 Å². The van der Waals surface area contributed by atoms with Crippen LogP contribution in [0.1, 0.15) is 25.7 Å². The summed E-state index contributed by atoms with van der Waals surface area (Å²) in [7, 11) is 0.378. The van der Waals surface area contributed by atoms with E-state index in [9.17, 15) is 4.80 Å². The first-order chi connectivity index (χ1) is 4.84. The summed E-state index contributed by atoms with van der Waals surface area (Å²) >= 11 is 0. The van der Waals surface area contributed by atoms with Crippen LogP contribution in [0.5, 0.6) is 0 Å². The van der Waals surface area contributed by atoms with Crippen LogP contribution < -0.4 is 0 Å². The Morgan fingerprint density at radius 3 is 2.60 bits per heavy atom. The topological polar surface area (TPSA) is 20.2 Å². The van der Waals surface area contributed by atoms with Crippen LogP contribution in [0.3, 0.4) is 0 Å². The van der Waals surface area contributed by atoms with Crippen LogP contribution >= 0.6 is 0 Å². The van der Waals surface area contributed by atoms with Gasteiger partial charge in [-0.05, 0) is 21.7 Å². The minimum absolute atomic E-state index is 0.113. The summed E-state index contributed by atoms with van der Waals surface area (Å²) < 4.78 is 0. The minimum atomic E-state index is -1.08. The van der Waals surface area contributed by atoms with Crippen LogP contribution in [0.4, 0.5) is 0 Å². The molecule has 10 heavy (non-hydrogen) atoms. The van der Waals surface area contributed by atoms with E-state index in [2.05, 4.69) is 6.42 Å². The van der Waals surface area contributed by atoms with Gasteiger partial charge in [0.2, 0.25) is 0 Å². The van der Waals surface area contributed by atoms with Gasteiger partial charge in [0, 0.05) is 8.55 Å². The van der Waals surface area contributed by atoms with E-state index in [4.69, 9.17) is 0 Å². The van der Waals surface area contributed by atoms with Gasteiger partial charge < -0.3 is 4.80 Å². The Balaban J connectivity index is 2.24. The van der Waals surface area contributed by atoms with Crippen molar-refractivity contribution in [1.82, 2.24) is 0 Å². The van der Waals surface area contributed by atoms with Crippen LogP contribution in [-0.2, 0) is 0 Å². The molecule has 0 aliphatic heterocycles. The molecule has 1 aliphatic carbocycles. The van der Waals surface area contributed by atoms with Crippen LogP contribution in [0.15, 0.2) is 0 Å². The van der Waals surface area contributed by atoms with Crippen molar-refractivity contribution in [2.75, 3.05) is 0 Å². The first-order valence-electron chi connectivity index (χ1n) is 4.34. The van der Waals surface area contributed by atoms with Gasteiger partial charge in [-0.3, -0.25) is 0 Å². The highest BCUT2D eigenvalue weighted by Gasteiger charge is 2.21. The summed E-state index contributed by atoms with van der Waals surface area (Å²) in [5.41, 5.74) is 0.828. The Morgan fingerprint density at radius 1 is 1.50 bits per heavy atom. The standard InChI is InChI=1S/C6H17OSi3/c7-10(9-8)6-4-2-1-3-5-6/h1,6-7,10H,2-5,9H2,8H3. The van der Waals surface area contributed by atoms with Crippen LogP contribution in [0.25, 0.3) is 0 Å². The van der Waals surface area contributed by atoms with E-state index in [1.165, 1.54) is 35.4 Å². The SMILES string of the molecule is O[SiH]([SiH2][SiH3])C1CC[CH]CC1. The Bertz CT molecular complexity index is 93.0. The van der Waals surface area contributed by atoms with Gasteiger partial charge in [-0.1, -0.05) is 25.7 Å². The molecule has 0 amide bonds. The lowest BCUT2D eigenvalue weighted by molar-refractivity contribution is 0.508. The molecule has 0 heterocycles. The van der Waals surface area contributed by atoms with Crippen molar-refractivity contribution in [3.05, 3.63) is 6.42 Å². The summed E-state index contributed by atoms with van der Waals surface area (Å²) in [5, 5.41) is 0. The Morgan fingerprint density at radius 2 is 2.10 bits per heavy atom. The monoisotopic (exact) mass is 189 g/mol. The van der Waals surface area contributed by atoms with E-state index >= 15 is 0 Å². The molecule has 0 aromatic rings. The van der Waals surface area contributed by atoms with E-state index in [-0.39, 0.29) is 8.55 Å². The summed E-state index contributed by atoms with van der Waals surface area (Å²) in [4.78, 5) is 9.70. The summed E-state index contributed by atoms with van der Waals surface area (Å²) in [6.07, 6.45) is 7.59. The molecule has 0 aromatic heterocycles. The fourth-order valence-electron chi connectivity index (χ4n) is 1.67. The quantitative estimate of drug-likeness (QED) is 0.541. The predicted octanol–water partition coefficient (Wildman–Crippen LogP) is -1.20. The average molecular weight is 189 g/mol. The number of hydrogen-bond acceptors (Lipinski definition) is 1. The molecule has 0 spiro atoms. The fraction of sp³-hybridized carbons (Fsp3) is 0.833. The second kappa shape index (κ2) is 4.48. The zero-order valence-corrected chi connectivity index (χ0v) is 11.3. The molecule has 1 radical (unpaired) electrons. The molecule has 1 N–H and O–H groups in total. The highest BCUT2D eigenvalue weighted by molar-refractivity contribution is 7.29. The van der Waals surface area contributed by atoms with E-state index in [1.54, 1.807) is 0 Å². The summed E-state index contributed by atoms with van der Waals surface area (Å²) in [5.74, 6) is 0. The van der Waals surface area contributed by atoms with Crippen molar-refractivity contribution in [1.29, 1.82) is 0 Å². The molecule has 1 saturated carbocycles. The summed E-state index contributed by atoms with van der Waals surface area (Å²) in [6.45, 7) is 0. The molecule has 1 aliphatic rings. The lowest BCUT2D eigenvalue weighted by Crippen LogP contribution is -2.30. The lowest BCUT2D eigenvalue weighted by Gasteiger charge is -2.23. The normalized spacial score (nSPS) is 26.1. The van der Waals surface area contributed by atoms with E-state index < -0.39 is 8.56 Å². The van der Waals surface area contributed by atoms with Crippen molar-refractivity contribution >= 4 is 26.9 Å². The Kier molecular flexibility index (Phi) is 3.90. The molecule has 1 atom stereocenters. The van der Waals surface area contributed by atoms with E-state index in [0.717, 1.165) is 5.54 Å². The molecule has 0 aromatic carbocycles. The molecular weight excluding hydrogens is 172 g/mol. The number of hydrogen-bond donors (Lipinski definition) is 1. The van der Waals surface area contributed by atoms with Crippen molar-refractivity contribution in [2.45, 2.75) is 31.2 Å². The van der Waals surface area contributed by atoms with Crippen molar-refractivity contribution in [3.63, 3.8) is 0 Å². The largest absolute Gasteiger partial charge is 0.438 e. The van der Waals surface area contributed by atoms with Crippen LogP contribution in [-0.4, -0.2) is 31.7 Å². The van der Waals surface area contributed by atoms with Crippen molar-refractivity contribution in [3.8, 4) is 0 Å². The smallest absolute Gasteiger partial charge is 0.153 e.